The Kier molecular flexibility index (Phi) is 6.56. The monoisotopic (exact) mass is 411 g/mol. The Hall–Kier alpha value is -2.03. The van der Waals surface area contributed by atoms with Crippen LogP contribution in [0.15, 0.2) is 35.4 Å². The van der Waals surface area contributed by atoms with Crippen molar-refractivity contribution in [3.8, 4) is 0 Å². The van der Waals surface area contributed by atoms with Gasteiger partial charge in [0.2, 0.25) is 15.3 Å². The molecule has 0 bridgehead atoms. The van der Waals surface area contributed by atoms with Gasteiger partial charge >= 0.3 is 5.97 Å². The zero-order chi connectivity index (χ0) is 20.2. The number of carbonyl (C=O) groups is 1. The molecule has 146 valence electrons. The lowest BCUT2D eigenvalue weighted by Gasteiger charge is -2.20. The van der Waals surface area contributed by atoms with Gasteiger partial charge in [-0.2, -0.15) is 0 Å². The minimum atomic E-state index is -3.68. The van der Waals surface area contributed by atoms with E-state index in [1.807, 2.05) is 0 Å². The number of halogens is 1. The lowest BCUT2D eigenvalue weighted by molar-refractivity contribution is 0.0524. The molecule has 2 aromatic rings. The molecule has 0 aliphatic rings. The van der Waals surface area contributed by atoms with E-state index in [9.17, 15) is 13.2 Å². The molecule has 1 N–H and O–H groups in total. The number of ether oxygens (including phenoxy) is 1. The van der Waals surface area contributed by atoms with Gasteiger partial charge in [0.05, 0.1) is 22.8 Å². The summed E-state index contributed by atoms with van der Waals surface area (Å²) < 4.78 is 32.7. The van der Waals surface area contributed by atoms with Gasteiger partial charge in [-0.15, -0.1) is 0 Å². The molecule has 2 rings (SSSR count). The third-order valence-corrected chi connectivity index (χ3v) is 5.29. The molecular weight excluding hydrogens is 390 g/mol. The second kappa shape index (κ2) is 8.33. The summed E-state index contributed by atoms with van der Waals surface area (Å²) in [6.07, 6.45) is 1.51. The van der Waals surface area contributed by atoms with Gasteiger partial charge in [0.25, 0.3) is 0 Å². The van der Waals surface area contributed by atoms with Crippen molar-refractivity contribution in [2.45, 2.75) is 44.6 Å². The van der Waals surface area contributed by atoms with Gasteiger partial charge in [-0.05, 0) is 57.0 Å². The van der Waals surface area contributed by atoms with E-state index < -0.39 is 21.5 Å². The molecular formula is C18H22ClN3O4S. The number of sulfonamides is 1. The summed E-state index contributed by atoms with van der Waals surface area (Å²) in [6.45, 7) is 7.22. The minimum absolute atomic E-state index is 0.00350. The van der Waals surface area contributed by atoms with Crippen molar-refractivity contribution >= 4 is 27.6 Å². The maximum atomic E-state index is 12.5. The van der Waals surface area contributed by atoms with Crippen molar-refractivity contribution in [2.75, 3.05) is 6.61 Å². The molecule has 0 aliphatic carbocycles. The fourth-order valence-corrected chi connectivity index (χ4v) is 4.02. The maximum absolute atomic E-state index is 12.5. The summed E-state index contributed by atoms with van der Waals surface area (Å²) in [7, 11) is -3.68. The van der Waals surface area contributed by atoms with Crippen LogP contribution < -0.4 is 4.72 Å². The lowest BCUT2D eigenvalue weighted by atomic mass is 10.1. The molecule has 0 unspecified atom stereocenters. The quantitative estimate of drug-likeness (QED) is 0.579. The van der Waals surface area contributed by atoms with E-state index >= 15 is 0 Å². The van der Waals surface area contributed by atoms with Crippen LogP contribution in [0.2, 0.25) is 5.28 Å². The molecule has 1 heterocycles. The van der Waals surface area contributed by atoms with Crippen molar-refractivity contribution in [3.05, 3.63) is 52.6 Å². The standard InChI is InChI=1S/C18H22ClN3O4S/c1-5-26-16(23)14-11-20-17(19)21-15(14)10-12-7-6-8-13(9-12)27(24,25)22-18(2,3)4/h6-9,11,22H,5,10H2,1-4H3. The molecule has 0 amide bonds. The highest BCUT2D eigenvalue weighted by Gasteiger charge is 2.22. The zero-order valence-electron chi connectivity index (χ0n) is 15.6. The van der Waals surface area contributed by atoms with E-state index in [1.165, 1.54) is 12.3 Å². The number of aromatic nitrogens is 2. The average molecular weight is 412 g/mol. The predicted octanol–water partition coefficient (Wildman–Crippen LogP) is 2.97. The molecule has 27 heavy (non-hydrogen) atoms. The second-order valence-corrected chi connectivity index (χ2v) is 8.92. The second-order valence-electron chi connectivity index (χ2n) is 6.90. The molecule has 0 radical (unpaired) electrons. The zero-order valence-corrected chi connectivity index (χ0v) is 17.2. The molecule has 1 aromatic carbocycles. The van der Waals surface area contributed by atoms with Gasteiger partial charge in [-0.3, -0.25) is 0 Å². The number of benzene rings is 1. The highest BCUT2D eigenvalue weighted by molar-refractivity contribution is 7.89. The van der Waals surface area contributed by atoms with Crippen LogP contribution in [0.3, 0.4) is 0 Å². The van der Waals surface area contributed by atoms with Crippen LogP contribution in [0.5, 0.6) is 0 Å². The van der Waals surface area contributed by atoms with E-state index in [1.54, 1.807) is 45.9 Å². The molecule has 7 nitrogen and oxygen atoms in total. The van der Waals surface area contributed by atoms with Crippen LogP contribution in [-0.4, -0.2) is 36.5 Å². The number of hydrogen-bond acceptors (Lipinski definition) is 6. The van der Waals surface area contributed by atoms with Crippen molar-refractivity contribution in [1.82, 2.24) is 14.7 Å². The molecule has 0 atom stereocenters. The summed E-state index contributed by atoms with van der Waals surface area (Å²) in [4.78, 5) is 20.2. The van der Waals surface area contributed by atoms with Crippen LogP contribution in [0, 0.1) is 0 Å². The Labute approximate surface area is 164 Å². The Morgan fingerprint density at radius 3 is 2.63 bits per heavy atom. The maximum Gasteiger partial charge on any atom is 0.341 e. The van der Waals surface area contributed by atoms with E-state index in [4.69, 9.17) is 16.3 Å². The van der Waals surface area contributed by atoms with Crippen molar-refractivity contribution < 1.29 is 17.9 Å². The third-order valence-electron chi connectivity index (χ3n) is 3.35. The topological polar surface area (TPSA) is 98.2 Å². The van der Waals surface area contributed by atoms with E-state index in [0.29, 0.717) is 11.3 Å². The summed E-state index contributed by atoms with van der Waals surface area (Å²) in [6, 6.07) is 6.44. The molecule has 0 saturated heterocycles. The Bertz CT molecular complexity index is 940. The predicted molar refractivity (Wildman–Crippen MR) is 102 cm³/mol. The van der Waals surface area contributed by atoms with Crippen molar-refractivity contribution in [1.29, 1.82) is 0 Å². The molecule has 9 heteroatoms. The number of nitrogens with one attached hydrogen (secondary N) is 1. The van der Waals surface area contributed by atoms with Gasteiger partial charge in [0, 0.05) is 18.2 Å². The lowest BCUT2D eigenvalue weighted by Crippen LogP contribution is -2.40. The SMILES string of the molecule is CCOC(=O)c1cnc(Cl)nc1Cc1cccc(S(=O)(=O)NC(C)(C)C)c1. The molecule has 0 fully saturated rings. The summed E-state index contributed by atoms with van der Waals surface area (Å²) in [5.41, 5.74) is 0.618. The van der Waals surface area contributed by atoms with Gasteiger partial charge in [0.15, 0.2) is 0 Å². The van der Waals surface area contributed by atoms with Crippen molar-refractivity contribution in [2.24, 2.45) is 0 Å². The minimum Gasteiger partial charge on any atom is -0.462 e. The Balaban J connectivity index is 2.37. The molecule has 0 aliphatic heterocycles. The molecule has 1 aromatic heterocycles. The number of carbonyl (C=O) groups excluding carboxylic acids is 1. The number of rotatable bonds is 6. The Morgan fingerprint density at radius 1 is 1.30 bits per heavy atom. The first-order chi connectivity index (χ1) is 12.5. The highest BCUT2D eigenvalue weighted by Crippen LogP contribution is 2.19. The molecule has 0 saturated carbocycles. The van der Waals surface area contributed by atoms with E-state index in [0.717, 1.165) is 0 Å². The first-order valence-electron chi connectivity index (χ1n) is 8.33. The first-order valence-corrected chi connectivity index (χ1v) is 10.2. The van der Waals surface area contributed by atoms with Gasteiger partial charge < -0.3 is 4.74 Å². The third kappa shape index (κ3) is 5.98. The first kappa shape index (κ1) is 21.3. The molecule has 0 spiro atoms. The van der Waals surface area contributed by atoms with Crippen LogP contribution in [0.4, 0.5) is 0 Å². The number of nitrogens with zero attached hydrogens (tertiary/aromatic N) is 2. The van der Waals surface area contributed by atoms with E-state index in [2.05, 4.69) is 14.7 Å². The van der Waals surface area contributed by atoms with Gasteiger partial charge in [0.1, 0.15) is 0 Å². The van der Waals surface area contributed by atoms with Crippen LogP contribution in [0.1, 0.15) is 49.3 Å². The smallest absolute Gasteiger partial charge is 0.341 e. The largest absolute Gasteiger partial charge is 0.462 e. The summed E-state index contributed by atoms with van der Waals surface area (Å²) >= 11 is 5.86. The van der Waals surface area contributed by atoms with Gasteiger partial charge in [-0.1, -0.05) is 12.1 Å². The summed E-state index contributed by atoms with van der Waals surface area (Å²) in [5.74, 6) is -0.553. The Morgan fingerprint density at radius 2 is 2.00 bits per heavy atom. The van der Waals surface area contributed by atoms with E-state index in [-0.39, 0.29) is 28.8 Å². The fourth-order valence-electron chi connectivity index (χ4n) is 2.38. The fraction of sp³-hybridized carbons (Fsp3) is 0.389. The number of esters is 1. The summed E-state index contributed by atoms with van der Waals surface area (Å²) in [5, 5.41) is -0.00350. The highest BCUT2D eigenvalue weighted by atomic mass is 35.5. The average Bonchev–Trinajstić information content (AvgIpc) is 2.53. The van der Waals surface area contributed by atoms with Crippen molar-refractivity contribution in [3.63, 3.8) is 0 Å². The van der Waals surface area contributed by atoms with Crippen LogP contribution in [-0.2, 0) is 21.2 Å². The number of hydrogen-bond donors (Lipinski definition) is 1. The van der Waals surface area contributed by atoms with Crippen LogP contribution >= 0.6 is 11.6 Å². The normalized spacial score (nSPS) is 12.0. The van der Waals surface area contributed by atoms with Gasteiger partial charge in [-0.25, -0.2) is 27.9 Å². The van der Waals surface area contributed by atoms with Crippen LogP contribution in [0.25, 0.3) is 0 Å².